The summed E-state index contributed by atoms with van der Waals surface area (Å²) in [5.41, 5.74) is 6.93. The van der Waals surface area contributed by atoms with Gasteiger partial charge in [-0.1, -0.05) is 13.8 Å². The fraction of sp³-hybridized carbons (Fsp3) is 0.600. The topological polar surface area (TPSA) is 56.5 Å². The fourth-order valence-corrected chi connectivity index (χ4v) is 2.03. The van der Waals surface area contributed by atoms with E-state index in [1.807, 2.05) is 18.2 Å². The molecule has 1 aromatic rings. The van der Waals surface area contributed by atoms with Crippen LogP contribution in [0.1, 0.15) is 25.8 Å². The summed E-state index contributed by atoms with van der Waals surface area (Å²) in [4.78, 5) is 0. The van der Waals surface area contributed by atoms with Crippen molar-refractivity contribution in [2.24, 2.45) is 11.1 Å². The van der Waals surface area contributed by atoms with Crippen molar-refractivity contribution in [3.05, 3.63) is 23.8 Å². The van der Waals surface area contributed by atoms with Gasteiger partial charge in [0.25, 0.3) is 0 Å². The number of rotatable bonds is 8. The number of methoxy groups -OCH3 is 2. The summed E-state index contributed by atoms with van der Waals surface area (Å²) >= 11 is 0. The number of hydrogen-bond acceptors (Lipinski definition) is 4. The van der Waals surface area contributed by atoms with Crippen LogP contribution in [0.3, 0.4) is 0 Å². The molecule has 108 valence electrons. The molecule has 4 nitrogen and oxygen atoms in total. The number of ether oxygens (including phenoxy) is 2. The highest BCUT2D eigenvalue weighted by molar-refractivity contribution is 5.40. The van der Waals surface area contributed by atoms with Crippen LogP contribution in [0, 0.1) is 5.41 Å². The Morgan fingerprint density at radius 1 is 1.21 bits per heavy atom. The SMILES string of the molecule is COc1ccc(OC)c(CNCC(C)(C)CCN)c1. The van der Waals surface area contributed by atoms with Crippen molar-refractivity contribution in [3.8, 4) is 11.5 Å². The van der Waals surface area contributed by atoms with Crippen LogP contribution in [0.4, 0.5) is 0 Å². The van der Waals surface area contributed by atoms with Crippen LogP contribution in [0.15, 0.2) is 18.2 Å². The Labute approximate surface area is 116 Å². The zero-order valence-corrected chi connectivity index (χ0v) is 12.5. The van der Waals surface area contributed by atoms with Gasteiger partial charge in [-0.2, -0.15) is 0 Å². The van der Waals surface area contributed by atoms with Crippen LogP contribution >= 0.6 is 0 Å². The van der Waals surface area contributed by atoms with E-state index in [-0.39, 0.29) is 5.41 Å². The smallest absolute Gasteiger partial charge is 0.123 e. The van der Waals surface area contributed by atoms with Gasteiger partial charge in [0.05, 0.1) is 14.2 Å². The lowest BCUT2D eigenvalue weighted by Gasteiger charge is -2.24. The van der Waals surface area contributed by atoms with Crippen LogP contribution in [-0.4, -0.2) is 27.3 Å². The molecule has 0 aromatic heterocycles. The Balaban J connectivity index is 2.61. The minimum absolute atomic E-state index is 0.209. The van der Waals surface area contributed by atoms with Gasteiger partial charge in [-0.25, -0.2) is 0 Å². The minimum atomic E-state index is 0.209. The highest BCUT2D eigenvalue weighted by Crippen LogP contribution is 2.24. The summed E-state index contributed by atoms with van der Waals surface area (Å²) in [6.07, 6.45) is 1.01. The average Bonchev–Trinajstić information content (AvgIpc) is 2.38. The lowest BCUT2D eigenvalue weighted by molar-refractivity contribution is 0.317. The van der Waals surface area contributed by atoms with Crippen molar-refractivity contribution in [2.45, 2.75) is 26.8 Å². The molecule has 0 amide bonds. The highest BCUT2D eigenvalue weighted by atomic mass is 16.5. The second-order valence-corrected chi connectivity index (χ2v) is 5.48. The van der Waals surface area contributed by atoms with E-state index < -0.39 is 0 Å². The van der Waals surface area contributed by atoms with Crippen molar-refractivity contribution in [3.63, 3.8) is 0 Å². The molecule has 0 radical (unpaired) electrons. The zero-order valence-electron chi connectivity index (χ0n) is 12.5. The lowest BCUT2D eigenvalue weighted by Crippen LogP contribution is -2.31. The third-order valence-electron chi connectivity index (χ3n) is 3.23. The molecule has 4 heteroatoms. The third kappa shape index (κ3) is 5.09. The minimum Gasteiger partial charge on any atom is -0.497 e. The Kier molecular flexibility index (Phi) is 6.12. The van der Waals surface area contributed by atoms with E-state index in [2.05, 4.69) is 19.2 Å². The van der Waals surface area contributed by atoms with Crippen molar-refractivity contribution in [1.29, 1.82) is 0 Å². The molecule has 0 spiro atoms. The van der Waals surface area contributed by atoms with Crippen LogP contribution in [0.2, 0.25) is 0 Å². The lowest BCUT2D eigenvalue weighted by atomic mass is 9.89. The Morgan fingerprint density at radius 2 is 1.95 bits per heavy atom. The van der Waals surface area contributed by atoms with Crippen LogP contribution in [0.5, 0.6) is 11.5 Å². The zero-order chi connectivity index (χ0) is 14.3. The van der Waals surface area contributed by atoms with Crippen molar-refractivity contribution >= 4 is 0 Å². The first-order valence-corrected chi connectivity index (χ1v) is 6.64. The molecule has 0 aliphatic heterocycles. The number of benzene rings is 1. The number of nitrogens with one attached hydrogen (secondary N) is 1. The quantitative estimate of drug-likeness (QED) is 0.757. The standard InChI is InChI=1S/C15H26N2O2/c1-15(2,7-8-16)11-17-10-12-9-13(18-3)5-6-14(12)19-4/h5-6,9,17H,7-8,10-11,16H2,1-4H3. The molecule has 0 saturated heterocycles. The van der Waals surface area contributed by atoms with Crippen molar-refractivity contribution in [2.75, 3.05) is 27.3 Å². The first kappa shape index (κ1) is 15.8. The molecule has 0 saturated carbocycles. The van der Waals surface area contributed by atoms with E-state index >= 15 is 0 Å². The first-order valence-electron chi connectivity index (χ1n) is 6.64. The monoisotopic (exact) mass is 266 g/mol. The van der Waals surface area contributed by atoms with E-state index in [4.69, 9.17) is 15.2 Å². The molecule has 0 fully saturated rings. The summed E-state index contributed by atoms with van der Waals surface area (Å²) in [5.74, 6) is 1.73. The van der Waals surface area contributed by atoms with Crippen LogP contribution in [0.25, 0.3) is 0 Å². The molecule has 0 bridgehead atoms. The van der Waals surface area contributed by atoms with E-state index in [9.17, 15) is 0 Å². The molecule has 0 aliphatic rings. The summed E-state index contributed by atoms with van der Waals surface area (Å²) in [6.45, 7) is 6.83. The molecule has 0 unspecified atom stereocenters. The second kappa shape index (κ2) is 7.36. The Morgan fingerprint density at radius 3 is 2.53 bits per heavy atom. The average molecular weight is 266 g/mol. The van der Waals surface area contributed by atoms with Crippen molar-refractivity contribution in [1.82, 2.24) is 5.32 Å². The molecular weight excluding hydrogens is 240 g/mol. The van der Waals surface area contributed by atoms with E-state index in [1.165, 1.54) is 0 Å². The molecule has 1 rings (SSSR count). The molecule has 1 aromatic carbocycles. The predicted octanol–water partition coefficient (Wildman–Crippen LogP) is 2.17. The van der Waals surface area contributed by atoms with Crippen molar-refractivity contribution < 1.29 is 9.47 Å². The maximum Gasteiger partial charge on any atom is 0.123 e. The van der Waals surface area contributed by atoms with Crippen LogP contribution in [-0.2, 0) is 6.54 Å². The molecule has 19 heavy (non-hydrogen) atoms. The number of nitrogens with two attached hydrogens (primary N) is 1. The largest absolute Gasteiger partial charge is 0.497 e. The Bertz CT molecular complexity index is 392. The van der Waals surface area contributed by atoms with Gasteiger partial charge in [0.15, 0.2) is 0 Å². The van der Waals surface area contributed by atoms with Gasteiger partial charge in [-0.3, -0.25) is 0 Å². The summed E-state index contributed by atoms with van der Waals surface area (Å²) in [6, 6.07) is 5.84. The van der Waals surface area contributed by atoms with Gasteiger partial charge in [0.1, 0.15) is 11.5 Å². The van der Waals surface area contributed by atoms with Gasteiger partial charge in [0, 0.05) is 18.7 Å². The van der Waals surface area contributed by atoms with Gasteiger partial charge < -0.3 is 20.5 Å². The highest BCUT2D eigenvalue weighted by Gasteiger charge is 2.16. The third-order valence-corrected chi connectivity index (χ3v) is 3.23. The number of hydrogen-bond donors (Lipinski definition) is 2. The van der Waals surface area contributed by atoms with Crippen LogP contribution < -0.4 is 20.5 Å². The summed E-state index contributed by atoms with van der Waals surface area (Å²) in [7, 11) is 3.35. The van der Waals surface area contributed by atoms with Gasteiger partial charge in [-0.05, 0) is 36.6 Å². The van der Waals surface area contributed by atoms with E-state index in [0.29, 0.717) is 0 Å². The van der Waals surface area contributed by atoms with Gasteiger partial charge in [0.2, 0.25) is 0 Å². The first-order chi connectivity index (χ1) is 9.02. The molecule has 0 aliphatic carbocycles. The Hall–Kier alpha value is -1.26. The predicted molar refractivity (Wildman–Crippen MR) is 78.7 cm³/mol. The molecule has 0 atom stereocenters. The normalized spacial score (nSPS) is 11.4. The maximum absolute atomic E-state index is 5.62. The maximum atomic E-state index is 5.62. The summed E-state index contributed by atoms with van der Waals surface area (Å²) in [5, 5.41) is 3.46. The molecule has 3 N–H and O–H groups in total. The molecule has 0 heterocycles. The summed E-state index contributed by atoms with van der Waals surface area (Å²) < 4.78 is 10.6. The molecular formula is C15H26N2O2. The van der Waals surface area contributed by atoms with E-state index in [0.717, 1.165) is 43.1 Å². The van der Waals surface area contributed by atoms with E-state index in [1.54, 1.807) is 14.2 Å². The fourth-order valence-electron chi connectivity index (χ4n) is 2.03. The van der Waals surface area contributed by atoms with Gasteiger partial charge in [-0.15, -0.1) is 0 Å². The second-order valence-electron chi connectivity index (χ2n) is 5.48. The van der Waals surface area contributed by atoms with Gasteiger partial charge >= 0.3 is 0 Å².